The fourth-order valence-corrected chi connectivity index (χ4v) is 3.74. The Balaban J connectivity index is 1.67. The van der Waals surface area contributed by atoms with Crippen LogP contribution in [0.2, 0.25) is 0 Å². The minimum absolute atomic E-state index is 0.155. The molecule has 0 aliphatic carbocycles. The topological polar surface area (TPSA) is 42.4 Å². The SMILES string of the molecule is CC(C)(C)OC(=O)N1C2C=C(CCc3ccccn3)CC1CCC2. The minimum atomic E-state index is -0.436. The van der Waals surface area contributed by atoms with Gasteiger partial charge in [0, 0.05) is 17.9 Å². The number of piperidine rings is 1. The molecule has 2 aliphatic heterocycles. The molecule has 0 saturated carbocycles. The number of nitrogens with zero attached hydrogens (tertiary/aromatic N) is 2. The summed E-state index contributed by atoms with van der Waals surface area (Å²) < 4.78 is 5.63. The van der Waals surface area contributed by atoms with Gasteiger partial charge in [0.1, 0.15) is 5.60 Å². The van der Waals surface area contributed by atoms with E-state index in [0.29, 0.717) is 6.04 Å². The quantitative estimate of drug-likeness (QED) is 0.767. The van der Waals surface area contributed by atoms with Crippen molar-refractivity contribution in [3.8, 4) is 0 Å². The molecule has 3 rings (SSSR count). The highest BCUT2D eigenvalue weighted by atomic mass is 16.6. The zero-order chi connectivity index (χ0) is 17.2. The van der Waals surface area contributed by atoms with Crippen LogP contribution in [0.4, 0.5) is 4.79 Å². The van der Waals surface area contributed by atoms with Crippen molar-refractivity contribution < 1.29 is 9.53 Å². The van der Waals surface area contributed by atoms with Gasteiger partial charge >= 0.3 is 6.09 Å². The number of rotatable bonds is 3. The molecule has 1 saturated heterocycles. The highest BCUT2D eigenvalue weighted by molar-refractivity contribution is 5.70. The van der Waals surface area contributed by atoms with Crippen LogP contribution in [0, 0.1) is 0 Å². The molecule has 1 amide bonds. The molecule has 1 aromatic heterocycles. The van der Waals surface area contributed by atoms with Crippen molar-refractivity contribution in [2.45, 2.75) is 77.0 Å². The average Bonchev–Trinajstić information content (AvgIpc) is 2.51. The van der Waals surface area contributed by atoms with Crippen LogP contribution in [0.5, 0.6) is 0 Å². The van der Waals surface area contributed by atoms with Crippen LogP contribution >= 0.6 is 0 Å². The van der Waals surface area contributed by atoms with Gasteiger partial charge in [0.25, 0.3) is 0 Å². The summed E-state index contributed by atoms with van der Waals surface area (Å²) in [6.07, 6.45) is 10.3. The van der Waals surface area contributed by atoms with Crippen LogP contribution in [0.3, 0.4) is 0 Å². The van der Waals surface area contributed by atoms with E-state index in [2.05, 4.69) is 17.1 Å². The molecular weight excluding hydrogens is 300 g/mol. The maximum absolute atomic E-state index is 12.6. The smallest absolute Gasteiger partial charge is 0.411 e. The lowest BCUT2D eigenvalue weighted by molar-refractivity contribution is -0.00157. The highest BCUT2D eigenvalue weighted by Gasteiger charge is 2.38. The second kappa shape index (κ2) is 6.96. The van der Waals surface area contributed by atoms with E-state index in [-0.39, 0.29) is 12.1 Å². The Morgan fingerprint density at radius 2 is 2.12 bits per heavy atom. The number of ether oxygens (including phenoxy) is 1. The third kappa shape index (κ3) is 4.16. The molecule has 4 nitrogen and oxygen atoms in total. The molecule has 2 unspecified atom stereocenters. The number of hydrogen-bond acceptors (Lipinski definition) is 3. The van der Waals surface area contributed by atoms with Crippen molar-refractivity contribution in [3.63, 3.8) is 0 Å². The summed E-state index contributed by atoms with van der Waals surface area (Å²) in [5, 5.41) is 0. The van der Waals surface area contributed by atoms with Crippen molar-refractivity contribution in [1.82, 2.24) is 9.88 Å². The molecule has 0 spiro atoms. The number of hydrogen-bond donors (Lipinski definition) is 0. The Kier molecular flexibility index (Phi) is 4.93. The van der Waals surface area contributed by atoms with Crippen LogP contribution in [0.1, 0.15) is 58.6 Å². The van der Waals surface area contributed by atoms with Crippen molar-refractivity contribution in [2.75, 3.05) is 0 Å². The van der Waals surface area contributed by atoms with Gasteiger partial charge in [-0.05, 0) is 71.4 Å². The summed E-state index contributed by atoms with van der Waals surface area (Å²) in [6, 6.07) is 6.56. The molecule has 3 heterocycles. The van der Waals surface area contributed by atoms with Crippen LogP contribution in [0.15, 0.2) is 36.0 Å². The molecule has 2 aliphatic rings. The van der Waals surface area contributed by atoms with Gasteiger partial charge in [-0.15, -0.1) is 0 Å². The number of carbonyl (C=O) groups excluding carboxylic acids is 1. The first kappa shape index (κ1) is 17.0. The first-order valence-corrected chi connectivity index (χ1v) is 9.03. The number of aryl methyl sites for hydroxylation is 1. The molecule has 0 radical (unpaired) electrons. The summed E-state index contributed by atoms with van der Waals surface area (Å²) in [6.45, 7) is 5.79. The third-order valence-corrected chi connectivity index (χ3v) is 4.75. The molecule has 130 valence electrons. The highest BCUT2D eigenvalue weighted by Crippen LogP contribution is 2.35. The standard InChI is InChI=1S/C20H28N2O2/c1-20(2,3)24-19(23)22-17-8-6-9-18(22)14-15(13-17)10-11-16-7-4-5-12-21-16/h4-5,7,12-13,17-18H,6,8-11,14H2,1-3H3. The fraction of sp³-hybridized carbons (Fsp3) is 0.600. The van der Waals surface area contributed by atoms with Gasteiger partial charge in [-0.3, -0.25) is 9.88 Å². The normalized spacial score (nSPS) is 23.6. The zero-order valence-electron chi connectivity index (χ0n) is 15.0. The summed E-state index contributed by atoms with van der Waals surface area (Å²) in [7, 11) is 0. The molecule has 1 aromatic rings. The van der Waals surface area contributed by atoms with E-state index in [1.165, 1.54) is 12.0 Å². The van der Waals surface area contributed by atoms with E-state index in [1.807, 2.05) is 44.0 Å². The van der Waals surface area contributed by atoms with E-state index >= 15 is 0 Å². The summed E-state index contributed by atoms with van der Waals surface area (Å²) in [4.78, 5) is 19.0. The monoisotopic (exact) mass is 328 g/mol. The van der Waals surface area contributed by atoms with Gasteiger partial charge in [-0.1, -0.05) is 17.7 Å². The second-order valence-corrected chi connectivity index (χ2v) is 7.89. The lowest BCUT2D eigenvalue weighted by Crippen LogP contribution is -2.53. The van der Waals surface area contributed by atoms with Crippen molar-refractivity contribution in [1.29, 1.82) is 0 Å². The maximum Gasteiger partial charge on any atom is 0.411 e. The van der Waals surface area contributed by atoms with E-state index in [4.69, 9.17) is 4.74 Å². The van der Waals surface area contributed by atoms with Crippen LogP contribution in [-0.2, 0) is 11.2 Å². The lowest BCUT2D eigenvalue weighted by Gasteiger charge is -2.45. The minimum Gasteiger partial charge on any atom is -0.444 e. The Labute approximate surface area is 144 Å². The number of pyridine rings is 1. The number of aromatic nitrogens is 1. The fourth-order valence-electron chi connectivity index (χ4n) is 3.74. The maximum atomic E-state index is 12.6. The van der Waals surface area contributed by atoms with Crippen LogP contribution < -0.4 is 0 Å². The molecule has 0 N–H and O–H groups in total. The van der Waals surface area contributed by atoms with Gasteiger partial charge in [0.2, 0.25) is 0 Å². The third-order valence-electron chi connectivity index (χ3n) is 4.75. The van der Waals surface area contributed by atoms with Crippen molar-refractivity contribution in [3.05, 3.63) is 41.7 Å². The number of fused-ring (bicyclic) bond motifs is 2. The van der Waals surface area contributed by atoms with E-state index in [1.54, 1.807) is 0 Å². The number of carbonyl (C=O) groups is 1. The predicted octanol–water partition coefficient (Wildman–Crippen LogP) is 4.50. The second-order valence-electron chi connectivity index (χ2n) is 7.89. The van der Waals surface area contributed by atoms with Crippen molar-refractivity contribution in [2.24, 2.45) is 0 Å². The Morgan fingerprint density at radius 3 is 2.79 bits per heavy atom. The van der Waals surface area contributed by atoms with E-state index < -0.39 is 5.60 Å². The van der Waals surface area contributed by atoms with Gasteiger partial charge in [-0.2, -0.15) is 0 Å². The van der Waals surface area contributed by atoms with Crippen LogP contribution in [0.25, 0.3) is 0 Å². The Morgan fingerprint density at radius 1 is 1.29 bits per heavy atom. The number of amides is 1. The van der Waals surface area contributed by atoms with Crippen molar-refractivity contribution >= 4 is 6.09 Å². The Hall–Kier alpha value is -1.84. The summed E-state index contributed by atoms with van der Waals surface area (Å²) in [5.74, 6) is 0. The first-order chi connectivity index (χ1) is 11.4. The molecule has 2 atom stereocenters. The predicted molar refractivity (Wildman–Crippen MR) is 94.8 cm³/mol. The molecule has 4 heteroatoms. The summed E-state index contributed by atoms with van der Waals surface area (Å²) in [5.41, 5.74) is 2.17. The lowest BCUT2D eigenvalue weighted by atomic mass is 9.84. The van der Waals surface area contributed by atoms with Crippen LogP contribution in [-0.4, -0.2) is 33.7 Å². The van der Waals surface area contributed by atoms with Gasteiger partial charge in [0.05, 0.1) is 6.04 Å². The molecule has 0 aromatic carbocycles. The molecule has 1 fully saturated rings. The van der Waals surface area contributed by atoms with E-state index in [9.17, 15) is 4.79 Å². The van der Waals surface area contributed by atoms with Gasteiger partial charge < -0.3 is 4.74 Å². The molecule has 24 heavy (non-hydrogen) atoms. The Bertz CT molecular complexity index is 604. The zero-order valence-corrected chi connectivity index (χ0v) is 15.0. The van der Waals surface area contributed by atoms with E-state index in [0.717, 1.165) is 37.8 Å². The largest absolute Gasteiger partial charge is 0.444 e. The first-order valence-electron chi connectivity index (χ1n) is 9.03. The molecular formula is C20H28N2O2. The molecule has 2 bridgehead atoms. The van der Waals surface area contributed by atoms with Gasteiger partial charge in [0.15, 0.2) is 0 Å². The average molecular weight is 328 g/mol. The van der Waals surface area contributed by atoms with Gasteiger partial charge in [-0.25, -0.2) is 4.79 Å². The summed E-state index contributed by atoms with van der Waals surface area (Å²) >= 11 is 0.